The quantitative estimate of drug-likeness (QED) is 0.168. The third-order valence-corrected chi connectivity index (χ3v) is 9.97. The minimum Gasteiger partial charge on any atom is -0.486 e. The van der Waals surface area contributed by atoms with E-state index in [4.69, 9.17) is 4.74 Å². The fourth-order valence-electron chi connectivity index (χ4n) is 7.37. The SMILES string of the molecule is CC=CCOc1ccc(-c2ccc(-c3ccc(C4CCC(C5CCC(CCCC)CC5)CC4)c(F)c3F)cc2)c(F)c1F. The van der Waals surface area contributed by atoms with Crippen LogP contribution in [0.25, 0.3) is 22.3 Å². The van der Waals surface area contributed by atoms with Gasteiger partial charge in [0, 0.05) is 11.1 Å². The zero-order valence-electron chi connectivity index (χ0n) is 25.5. The van der Waals surface area contributed by atoms with Crippen LogP contribution in [0.4, 0.5) is 17.6 Å². The molecular formula is C38H44F4O. The van der Waals surface area contributed by atoms with Crippen molar-refractivity contribution in [3.05, 3.63) is 89.5 Å². The fraction of sp³-hybridized carbons (Fsp3) is 0.474. The molecule has 0 saturated heterocycles. The molecule has 3 aromatic rings. The van der Waals surface area contributed by atoms with Gasteiger partial charge in [-0.2, -0.15) is 4.39 Å². The van der Waals surface area contributed by atoms with Crippen molar-refractivity contribution in [3.63, 3.8) is 0 Å². The maximum atomic E-state index is 15.4. The summed E-state index contributed by atoms with van der Waals surface area (Å²) in [7, 11) is 0. The molecular weight excluding hydrogens is 548 g/mol. The van der Waals surface area contributed by atoms with Gasteiger partial charge in [0.05, 0.1) is 0 Å². The highest BCUT2D eigenvalue weighted by molar-refractivity contribution is 5.72. The molecule has 2 aliphatic carbocycles. The van der Waals surface area contributed by atoms with Crippen molar-refractivity contribution in [1.29, 1.82) is 0 Å². The Balaban J connectivity index is 1.22. The van der Waals surface area contributed by atoms with E-state index in [2.05, 4.69) is 6.92 Å². The molecule has 0 aromatic heterocycles. The van der Waals surface area contributed by atoms with Gasteiger partial charge in [-0.05, 0) is 97.9 Å². The Bertz CT molecular complexity index is 1380. The third-order valence-electron chi connectivity index (χ3n) is 9.97. The standard InChI is InChI=1S/C38H44F4O/c1-3-5-7-25-8-10-26(11-9-25)27-12-14-28(15-13-27)31-20-21-32(36(40)35(31)39)29-16-18-30(19-17-29)33-22-23-34(38(42)37(33)41)43-24-6-4-2/h4,6,16-23,25-28H,3,5,7-15,24H2,1-2H3. The van der Waals surface area contributed by atoms with Gasteiger partial charge in [0.2, 0.25) is 5.82 Å². The van der Waals surface area contributed by atoms with E-state index in [9.17, 15) is 8.78 Å². The van der Waals surface area contributed by atoms with E-state index in [0.717, 1.165) is 37.5 Å². The van der Waals surface area contributed by atoms with E-state index in [1.54, 1.807) is 48.6 Å². The molecule has 0 unspecified atom stereocenters. The van der Waals surface area contributed by atoms with Gasteiger partial charge >= 0.3 is 0 Å². The molecule has 5 rings (SSSR count). The van der Waals surface area contributed by atoms with Crippen LogP contribution in [0.3, 0.4) is 0 Å². The minimum absolute atomic E-state index is 0.0471. The molecule has 0 radical (unpaired) electrons. The van der Waals surface area contributed by atoms with Gasteiger partial charge in [0.15, 0.2) is 23.2 Å². The van der Waals surface area contributed by atoms with E-state index >= 15 is 8.78 Å². The van der Waals surface area contributed by atoms with Crippen LogP contribution in [0, 0.1) is 41.0 Å². The van der Waals surface area contributed by atoms with E-state index in [1.807, 2.05) is 6.92 Å². The zero-order valence-corrected chi connectivity index (χ0v) is 25.5. The maximum absolute atomic E-state index is 15.4. The Kier molecular flexibility index (Phi) is 10.6. The Hall–Kier alpha value is -3.08. The highest BCUT2D eigenvalue weighted by atomic mass is 19.2. The lowest BCUT2D eigenvalue weighted by molar-refractivity contribution is 0.155. The number of benzene rings is 3. The second-order valence-electron chi connectivity index (χ2n) is 12.6. The monoisotopic (exact) mass is 592 g/mol. The van der Waals surface area contributed by atoms with E-state index in [1.165, 1.54) is 57.1 Å². The largest absolute Gasteiger partial charge is 0.486 e. The molecule has 2 fully saturated rings. The number of halogens is 4. The van der Waals surface area contributed by atoms with Crippen molar-refractivity contribution in [1.82, 2.24) is 0 Å². The molecule has 2 saturated carbocycles. The van der Waals surface area contributed by atoms with Gasteiger partial charge in [-0.15, -0.1) is 0 Å². The number of rotatable bonds is 10. The average molecular weight is 593 g/mol. The fourth-order valence-corrected chi connectivity index (χ4v) is 7.37. The Labute approximate surface area is 254 Å². The molecule has 43 heavy (non-hydrogen) atoms. The number of allylic oxidation sites excluding steroid dienone is 1. The van der Waals surface area contributed by atoms with E-state index in [0.29, 0.717) is 22.6 Å². The first-order valence-corrected chi connectivity index (χ1v) is 16.2. The number of unbranched alkanes of at least 4 members (excludes halogenated alkanes) is 1. The second kappa shape index (κ2) is 14.6. The third kappa shape index (κ3) is 7.19. The van der Waals surface area contributed by atoms with Crippen LogP contribution in [-0.2, 0) is 0 Å². The van der Waals surface area contributed by atoms with Crippen LogP contribution in [0.1, 0.15) is 96.0 Å². The predicted molar refractivity (Wildman–Crippen MR) is 167 cm³/mol. The molecule has 230 valence electrons. The summed E-state index contributed by atoms with van der Waals surface area (Å²) < 4.78 is 65.5. The van der Waals surface area contributed by atoms with Crippen molar-refractivity contribution in [2.45, 2.75) is 90.4 Å². The van der Waals surface area contributed by atoms with Crippen LogP contribution in [0.5, 0.6) is 5.75 Å². The first-order chi connectivity index (χ1) is 20.9. The zero-order chi connectivity index (χ0) is 30.3. The summed E-state index contributed by atoms with van der Waals surface area (Å²) in [6, 6.07) is 12.7. The smallest absolute Gasteiger partial charge is 0.201 e. The second-order valence-corrected chi connectivity index (χ2v) is 12.6. The van der Waals surface area contributed by atoms with E-state index < -0.39 is 23.3 Å². The van der Waals surface area contributed by atoms with E-state index in [-0.39, 0.29) is 29.4 Å². The van der Waals surface area contributed by atoms with Crippen LogP contribution >= 0.6 is 0 Å². The number of hydrogen-bond acceptors (Lipinski definition) is 1. The first kappa shape index (κ1) is 31.3. The highest BCUT2D eigenvalue weighted by Gasteiger charge is 2.32. The molecule has 2 aliphatic rings. The van der Waals surface area contributed by atoms with Crippen molar-refractivity contribution >= 4 is 0 Å². The summed E-state index contributed by atoms with van der Waals surface area (Å²) in [4.78, 5) is 0. The van der Waals surface area contributed by atoms with Crippen LogP contribution in [-0.4, -0.2) is 6.61 Å². The molecule has 0 bridgehead atoms. The van der Waals surface area contributed by atoms with Crippen molar-refractivity contribution in [2.24, 2.45) is 17.8 Å². The van der Waals surface area contributed by atoms with Gasteiger partial charge < -0.3 is 4.74 Å². The van der Waals surface area contributed by atoms with Crippen LogP contribution < -0.4 is 4.74 Å². The number of ether oxygens (including phenoxy) is 1. The van der Waals surface area contributed by atoms with Crippen molar-refractivity contribution < 1.29 is 22.3 Å². The maximum Gasteiger partial charge on any atom is 0.201 e. The Morgan fingerprint density at radius 1 is 0.674 bits per heavy atom. The number of hydrogen-bond donors (Lipinski definition) is 0. The summed E-state index contributed by atoms with van der Waals surface area (Å²) in [6.07, 6.45) is 16.8. The van der Waals surface area contributed by atoms with Gasteiger partial charge in [-0.25, -0.2) is 13.2 Å². The normalized spacial score (nSPS) is 22.7. The molecule has 0 aliphatic heterocycles. The highest BCUT2D eigenvalue weighted by Crippen LogP contribution is 2.45. The Morgan fingerprint density at radius 3 is 1.81 bits per heavy atom. The lowest BCUT2D eigenvalue weighted by Gasteiger charge is -2.38. The topological polar surface area (TPSA) is 9.23 Å². The minimum atomic E-state index is -1.06. The molecule has 0 spiro atoms. The van der Waals surface area contributed by atoms with Crippen molar-refractivity contribution in [2.75, 3.05) is 6.61 Å². The molecule has 0 amide bonds. The Morgan fingerprint density at radius 2 is 1.23 bits per heavy atom. The van der Waals surface area contributed by atoms with Crippen molar-refractivity contribution in [3.8, 4) is 28.0 Å². The predicted octanol–water partition coefficient (Wildman–Crippen LogP) is 11.8. The molecule has 0 N–H and O–H groups in total. The summed E-state index contributed by atoms with van der Waals surface area (Å²) >= 11 is 0. The lowest BCUT2D eigenvalue weighted by atomic mass is 9.68. The molecule has 3 aromatic carbocycles. The molecule has 1 nitrogen and oxygen atoms in total. The summed E-state index contributed by atoms with van der Waals surface area (Å²) in [5.74, 6) is -1.37. The molecule has 0 heterocycles. The van der Waals surface area contributed by atoms with Gasteiger partial charge in [0.25, 0.3) is 0 Å². The van der Waals surface area contributed by atoms with Gasteiger partial charge in [-0.1, -0.05) is 87.6 Å². The first-order valence-electron chi connectivity index (χ1n) is 16.2. The van der Waals surface area contributed by atoms with Gasteiger partial charge in [0.1, 0.15) is 6.61 Å². The molecule has 5 heteroatoms. The average Bonchev–Trinajstić information content (AvgIpc) is 3.04. The summed E-state index contributed by atoms with van der Waals surface area (Å²) in [5, 5.41) is 0. The molecule has 0 atom stereocenters. The lowest BCUT2D eigenvalue weighted by Crippen LogP contribution is -2.25. The van der Waals surface area contributed by atoms with Gasteiger partial charge in [-0.3, -0.25) is 0 Å². The summed E-state index contributed by atoms with van der Waals surface area (Å²) in [5.41, 5.74) is 1.64. The van der Waals surface area contributed by atoms with Crippen LogP contribution in [0.2, 0.25) is 0 Å². The summed E-state index contributed by atoms with van der Waals surface area (Å²) in [6.45, 7) is 4.22. The van der Waals surface area contributed by atoms with Crippen LogP contribution in [0.15, 0.2) is 60.7 Å².